The molecule has 2 aliphatic rings. The van der Waals surface area contributed by atoms with Crippen LogP contribution >= 0.6 is 11.3 Å². The number of fused-ring (bicyclic) bond motifs is 1. The molecule has 3 rings (SSSR count). The minimum atomic E-state index is -0.414. The normalized spacial score (nSPS) is 19.8. The monoisotopic (exact) mass is 366 g/mol. The summed E-state index contributed by atoms with van der Waals surface area (Å²) in [7, 11) is 1.36. The van der Waals surface area contributed by atoms with Crippen LogP contribution in [0.4, 0.5) is 9.80 Å². The van der Waals surface area contributed by atoms with Crippen LogP contribution in [0.1, 0.15) is 66.8 Å². The Hall–Kier alpha value is -1.60. The summed E-state index contributed by atoms with van der Waals surface area (Å²) in [6, 6.07) is -0.0389. The Kier molecular flexibility index (Phi) is 5.34. The third-order valence-corrected chi connectivity index (χ3v) is 5.97. The van der Waals surface area contributed by atoms with E-state index in [1.54, 1.807) is 0 Å². The number of hydrogen-bond acceptors (Lipinski definition) is 5. The molecule has 1 aliphatic heterocycles. The van der Waals surface area contributed by atoms with Gasteiger partial charge in [-0.1, -0.05) is 19.3 Å². The van der Waals surface area contributed by atoms with Crippen molar-refractivity contribution in [1.82, 2.24) is 5.32 Å². The lowest BCUT2D eigenvalue weighted by Crippen LogP contribution is -2.39. The molecule has 0 radical (unpaired) electrons. The van der Waals surface area contributed by atoms with Gasteiger partial charge in [-0.2, -0.15) is 0 Å². The van der Waals surface area contributed by atoms with Gasteiger partial charge in [-0.15, -0.1) is 11.3 Å². The molecule has 0 spiro atoms. The molecule has 25 heavy (non-hydrogen) atoms. The fraction of sp³-hybridized carbons (Fsp3) is 0.667. The number of methoxy groups -OCH3 is 1. The molecule has 0 bridgehead atoms. The molecule has 2 N–H and O–H groups in total. The van der Waals surface area contributed by atoms with Crippen molar-refractivity contribution >= 4 is 28.3 Å². The van der Waals surface area contributed by atoms with E-state index in [2.05, 4.69) is 10.6 Å². The summed E-state index contributed by atoms with van der Waals surface area (Å²) in [6.07, 6.45) is 6.19. The Labute approximate surface area is 152 Å². The van der Waals surface area contributed by atoms with Gasteiger partial charge in [-0.05, 0) is 32.3 Å². The first-order valence-corrected chi connectivity index (χ1v) is 9.65. The van der Waals surface area contributed by atoms with E-state index < -0.39 is 5.97 Å². The van der Waals surface area contributed by atoms with Crippen molar-refractivity contribution in [2.45, 2.75) is 70.6 Å². The summed E-state index contributed by atoms with van der Waals surface area (Å²) in [5, 5.41) is 6.44. The highest BCUT2D eigenvalue weighted by molar-refractivity contribution is 7.17. The van der Waals surface area contributed by atoms with Crippen molar-refractivity contribution in [3.63, 3.8) is 0 Å². The zero-order valence-electron chi connectivity index (χ0n) is 15.1. The van der Waals surface area contributed by atoms with Gasteiger partial charge >= 0.3 is 12.0 Å². The smallest absolute Gasteiger partial charge is 0.341 e. The Balaban J connectivity index is 1.79. The number of anilines is 1. The number of rotatable bonds is 3. The second-order valence-electron chi connectivity index (χ2n) is 7.36. The molecule has 2 amide bonds. The number of carbonyl (C=O) groups is 2. The number of carbonyl (C=O) groups excluding carboxylic acids is 2. The van der Waals surface area contributed by atoms with Gasteiger partial charge in [0, 0.05) is 17.3 Å². The molecule has 1 aromatic rings. The van der Waals surface area contributed by atoms with Gasteiger partial charge in [0.15, 0.2) is 0 Å². The van der Waals surface area contributed by atoms with Gasteiger partial charge in [0.1, 0.15) is 5.00 Å². The predicted molar refractivity (Wildman–Crippen MR) is 97.3 cm³/mol. The first kappa shape index (κ1) is 18.2. The summed E-state index contributed by atoms with van der Waals surface area (Å²) in [6.45, 7) is 4.44. The Bertz CT molecular complexity index is 662. The minimum absolute atomic E-state index is 0.215. The van der Waals surface area contributed by atoms with Crippen LogP contribution in [0.5, 0.6) is 0 Å². The molecule has 1 aromatic heterocycles. The molecule has 0 aromatic carbocycles. The van der Waals surface area contributed by atoms with Crippen LogP contribution in [0.3, 0.4) is 0 Å². The van der Waals surface area contributed by atoms with Gasteiger partial charge in [0.25, 0.3) is 0 Å². The van der Waals surface area contributed by atoms with E-state index in [0.717, 1.165) is 36.1 Å². The fourth-order valence-electron chi connectivity index (χ4n) is 3.53. The lowest BCUT2D eigenvalue weighted by atomic mass is 9.93. The Morgan fingerprint density at radius 3 is 2.64 bits per heavy atom. The minimum Gasteiger partial charge on any atom is -0.465 e. The Morgan fingerprint density at radius 2 is 1.96 bits per heavy atom. The van der Waals surface area contributed by atoms with Crippen LogP contribution in [0.25, 0.3) is 0 Å². The molecule has 2 heterocycles. The number of nitrogens with one attached hydrogen (secondary N) is 2. The zero-order chi connectivity index (χ0) is 18.0. The molecular formula is C18H26N2O4S. The van der Waals surface area contributed by atoms with E-state index >= 15 is 0 Å². The molecular weight excluding hydrogens is 340 g/mol. The number of thiophene rings is 1. The molecule has 1 aliphatic carbocycles. The summed E-state index contributed by atoms with van der Waals surface area (Å²) in [4.78, 5) is 25.7. The second-order valence-corrected chi connectivity index (χ2v) is 8.46. The van der Waals surface area contributed by atoms with Gasteiger partial charge < -0.3 is 14.8 Å². The molecule has 7 heteroatoms. The topological polar surface area (TPSA) is 76.7 Å². The third-order valence-electron chi connectivity index (χ3n) is 4.84. The fourth-order valence-corrected chi connectivity index (χ4v) is 4.65. The van der Waals surface area contributed by atoms with Crippen molar-refractivity contribution < 1.29 is 19.1 Å². The van der Waals surface area contributed by atoms with Crippen molar-refractivity contribution in [2.24, 2.45) is 0 Å². The van der Waals surface area contributed by atoms with E-state index in [4.69, 9.17) is 9.47 Å². The highest BCUT2D eigenvalue weighted by Gasteiger charge is 2.34. The van der Waals surface area contributed by atoms with Gasteiger partial charge in [0.05, 0.1) is 24.9 Å². The molecule has 0 atom stereocenters. The molecule has 6 nitrogen and oxygen atoms in total. The van der Waals surface area contributed by atoms with E-state index in [9.17, 15) is 9.59 Å². The molecule has 1 fully saturated rings. The molecule has 0 saturated heterocycles. The van der Waals surface area contributed by atoms with Crippen LogP contribution in [-0.2, 0) is 22.5 Å². The van der Waals surface area contributed by atoms with Crippen molar-refractivity contribution in [1.29, 1.82) is 0 Å². The standard InChI is InChI=1S/C18H26N2O4S/c1-18(2)9-12-13(10-24-18)25-15(14(12)16(21)23-3)20-17(22)19-11-7-5-4-6-8-11/h11H,4-10H2,1-3H3,(H2,19,20,22). The van der Waals surface area contributed by atoms with Gasteiger partial charge in [-0.3, -0.25) is 5.32 Å². The maximum atomic E-state index is 12.4. The summed E-state index contributed by atoms with van der Waals surface area (Å²) in [5.41, 5.74) is 1.07. The maximum Gasteiger partial charge on any atom is 0.341 e. The summed E-state index contributed by atoms with van der Waals surface area (Å²) >= 11 is 1.40. The summed E-state index contributed by atoms with van der Waals surface area (Å²) in [5.74, 6) is -0.414. The molecule has 0 unspecified atom stereocenters. The predicted octanol–water partition coefficient (Wildman–Crippen LogP) is 3.84. The van der Waals surface area contributed by atoms with Crippen LogP contribution in [0, 0.1) is 0 Å². The van der Waals surface area contributed by atoms with Gasteiger partial charge in [-0.25, -0.2) is 9.59 Å². The van der Waals surface area contributed by atoms with Crippen LogP contribution in [0.2, 0.25) is 0 Å². The third kappa shape index (κ3) is 4.15. The van der Waals surface area contributed by atoms with Crippen LogP contribution < -0.4 is 10.6 Å². The maximum absolute atomic E-state index is 12.4. The van der Waals surface area contributed by atoms with Crippen molar-refractivity contribution in [3.05, 3.63) is 16.0 Å². The lowest BCUT2D eigenvalue weighted by molar-refractivity contribution is -0.0384. The number of esters is 1. The average Bonchev–Trinajstić information content (AvgIpc) is 2.90. The first-order chi connectivity index (χ1) is 11.9. The highest BCUT2D eigenvalue weighted by atomic mass is 32.1. The van der Waals surface area contributed by atoms with E-state index in [-0.39, 0.29) is 17.7 Å². The first-order valence-electron chi connectivity index (χ1n) is 8.84. The summed E-state index contributed by atoms with van der Waals surface area (Å²) < 4.78 is 10.8. The van der Waals surface area contributed by atoms with Crippen molar-refractivity contribution in [2.75, 3.05) is 12.4 Å². The number of ether oxygens (including phenoxy) is 2. The van der Waals surface area contributed by atoms with Crippen LogP contribution in [0.15, 0.2) is 0 Å². The molecule has 138 valence electrons. The van der Waals surface area contributed by atoms with Crippen molar-refractivity contribution in [3.8, 4) is 0 Å². The van der Waals surface area contributed by atoms with Crippen LogP contribution in [-0.4, -0.2) is 30.8 Å². The second kappa shape index (κ2) is 7.33. The molecule has 1 saturated carbocycles. The van der Waals surface area contributed by atoms with E-state index in [1.165, 1.54) is 24.9 Å². The number of hydrogen-bond donors (Lipinski definition) is 2. The lowest BCUT2D eigenvalue weighted by Gasteiger charge is -2.30. The van der Waals surface area contributed by atoms with E-state index in [0.29, 0.717) is 23.6 Å². The SMILES string of the molecule is COC(=O)c1c(NC(=O)NC2CCCCC2)sc2c1CC(C)(C)OC2. The largest absolute Gasteiger partial charge is 0.465 e. The van der Waals surface area contributed by atoms with Gasteiger partial charge in [0.2, 0.25) is 0 Å². The Morgan fingerprint density at radius 1 is 1.24 bits per heavy atom. The quantitative estimate of drug-likeness (QED) is 0.797. The van der Waals surface area contributed by atoms with E-state index in [1.807, 2.05) is 13.8 Å². The average molecular weight is 366 g/mol. The number of amides is 2. The number of urea groups is 1. The highest BCUT2D eigenvalue weighted by Crippen LogP contribution is 2.40. The zero-order valence-corrected chi connectivity index (χ0v) is 15.9.